The molecule has 0 saturated heterocycles. The Kier molecular flexibility index (Phi) is 3.41. The van der Waals surface area contributed by atoms with Gasteiger partial charge in [0.2, 0.25) is 0 Å². The molecule has 1 heterocycles. The number of allylic oxidation sites excluding steroid dienone is 1. The maximum absolute atomic E-state index is 13.5. The number of hydrogen-bond donors (Lipinski definition) is 0. The zero-order chi connectivity index (χ0) is 17.8. The predicted octanol–water partition coefficient (Wildman–Crippen LogP) is 3.58. The summed E-state index contributed by atoms with van der Waals surface area (Å²) in [5.74, 6) is -0.131. The number of nitrogens with zero attached hydrogens (tertiary/aromatic N) is 1. The first-order valence-electron chi connectivity index (χ1n) is 8.27. The minimum Gasteiger partial charge on any atom is -0.295 e. The summed E-state index contributed by atoms with van der Waals surface area (Å²) in [5, 5.41) is 0. The van der Waals surface area contributed by atoms with Crippen LogP contribution in [0.25, 0.3) is 0 Å². The number of anilines is 1. The van der Waals surface area contributed by atoms with Crippen molar-refractivity contribution in [1.82, 2.24) is 0 Å². The number of rotatable bonds is 2. The Hall–Kier alpha value is -2.40. The first-order chi connectivity index (χ1) is 11.8. The maximum atomic E-state index is 13.5. The minimum atomic E-state index is -3.74. The van der Waals surface area contributed by atoms with Gasteiger partial charge in [-0.1, -0.05) is 42.0 Å². The molecule has 0 amide bonds. The van der Waals surface area contributed by atoms with Crippen LogP contribution >= 0.6 is 0 Å². The first kappa shape index (κ1) is 16.1. The van der Waals surface area contributed by atoms with E-state index in [0.717, 1.165) is 11.1 Å². The number of carbonyl (C=O) groups excluding carboxylic acids is 1. The Labute approximate surface area is 147 Å². The van der Waals surface area contributed by atoms with Gasteiger partial charge < -0.3 is 0 Å². The molecule has 4 nitrogen and oxygen atoms in total. The fourth-order valence-corrected chi connectivity index (χ4v) is 5.74. The van der Waals surface area contributed by atoms with Crippen LogP contribution in [0, 0.1) is 6.92 Å². The Bertz CT molecular complexity index is 992. The van der Waals surface area contributed by atoms with Crippen LogP contribution in [0.1, 0.15) is 30.4 Å². The lowest BCUT2D eigenvalue weighted by molar-refractivity contribution is -0.115. The van der Waals surface area contributed by atoms with Gasteiger partial charge in [-0.2, -0.15) is 0 Å². The third-order valence-corrected chi connectivity index (χ3v) is 7.18. The van der Waals surface area contributed by atoms with Crippen molar-refractivity contribution >= 4 is 21.5 Å². The van der Waals surface area contributed by atoms with Gasteiger partial charge in [-0.15, -0.1) is 0 Å². The molecule has 0 N–H and O–H groups in total. The molecule has 25 heavy (non-hydrogen) atoms. The molecule has 0 bridgehead atoms. The van der Waals surface area contributed by atoms with Crippen molar-refractivity contribution in [3.63, 3.8) is 0 Å². The SMILES string of the molecule is Cc1ccc(S(=O)(=O)N2c3ccccc3[C@@H]3CC(=O)C=C[C@@]32C)cc1. The molecule has 2 atom stereocenters. The third-order valence-electron chi connectivity index (χ3n) is 5.25. The van der Waals surface area contributed by atoms with Crippen LogP contribution in [0.5, 0.6) is 0 Å². The monoisotopic (exact) mass is 353 g/mol. The van der Waals surface area contributed by atoms with Gasteiger partial charge in [0.1, 0.15) is 0 Å². The molecule has 1 aliphatic heterocycles. The van der Waals surface area contributed by atoms with E-state index in [1.807, 2.05) is 38.1 Å². The van der Waals surface area contributed by atoms with Gasteiger partial charge in [0.15, 0.2) is 5.78 Å². The molecule has 0 spiro atoms. The molecule has 0 radical (unpaired) electrons. The summed E-state index contributed by atoms with van der Waals surface area (Å²) < 4.78 is 28.4. The van der Waals surface area contributed by atoms with Crippen LogP contribution in [0.4, 0.5) is 5.69 Å². The Morgan fingerprint density at radius 2 is 1.76 bits per heavy atom. The average Bonchev–Trinajstić information content (AvgIpc) is 2.84. The Balaban J connectivity index is 1.95. The first-order valence-corrected chi connectivity index (χ1v) is 9.71. The van der Waals surface area contributed by atoms with Crippen LogP contribution in [-0.4, -0.2) is 19.7 Å². The summed E-state index contributed by atoms with van der Waals surface area (Å²) >= 11 is 0. The zero-order valence-electron chi connectivity index (χ0n) is 14.1. The normalized spacial score (nSPS) is 25.0. The van der Waals surface area contributed by atoms with E-state index in [-0.39, 0.29) is 16.6 Å². The van der Waals surface area contributed by atoms with Gasteiger partial charge >= 0.3 is 0 Å². The summed E-state index contributed by atoms with van der Waals surface area (Å²) in [6.45, 7) is 3.82. The van der Waals surface area contributed by atoms with E-state index in [0.29, 0.717) is 12.1 Å². The van der Waals surface area contributed by atoms with Crippen molar-refractivity contribution in [2.75, 3.05) is 4.31 Å². The largest absolute Gasteiger partial charge is 0.295 e. The number of hydrogen-bond acceptors (Lipinski definition) is 3. The number of fused-ring (bicyclic) bond motifs is 3. The van der Waals surface area contributed by atoms with Crippen molar-refractivity contribution in [3.8, 4) is 0 Å². The highest BCUT2D eigenvalue weighted by Crippen LogP contribution is 2.53. The molecule has 2 aromatic rings. The number of ketones is 1. The second kappa shape index (κ2) is 5.30. The number of sulfonamides is 1. The summed E-state index contributed by atoms with van der Waals surface area (Å²) in [4.78, 5) is 12.2. The molecular formula is C20H19NO3S. The van der Waals surface area contributed by atoms with E-state index in [1.165, 1.54) is 10.4 Å². The van der Waals surface area contributed by atoms with Crippen molar-refractivity contribution < 1.29 is 13.2 Å². The van der Waals surface area contributed by atoms with E-state index in [2.05, 4.69) is 0 Å². The van der Waals surface area contributed by atoms with Gasteiger partial charge in [-0.25, -0.2) is 8.42 Å². The highest BCUT2D eigenvalue weighted by Gasteiger charge is 2.53. The van der Waals surface area contributed by atoms with E-state index in [4.69, 9.17) is 0 Å². The molecule has 0 saturated carbocycles. The lowest BCUT2D eigenvalue weighted by Gasteiger charge is -2.39. The standard InChI is InChI=1S/C20H19NO3S/c1-14-7-9-16(10-8-14)25(23,24)21-19-6-4-3-5-17(19)18-13-15(22)11-12-20(18,21)2/h3-12,18H,13H2,1-2H3/t18-,20-/m0/s1. The molecule has 4 rings (SSSR count). The Morgan fingerprint density at radius 1 is 1.08 bits per heavy atom. The summed E-state index contributed by atoms with van der Waals surface area (Å²) in [7, 11) is -3.74. The van der Waals surface area contributed by atoms with Crippen LogP contribution in [0.3, 0.4) is 0 Å². The minimum absolute atomic E-state index is 0.0341. The lowest BCUT2D eigenvalue weighted by Crippen LogP contribution is -2.49. The summed E-state index contributed by atoms with van der Waals surface area (Å²) in [6, 6.07) is 14.4. The molecular weight excluding hydrogens is 334 g/mol. The molecule has 2 aromatic carbocycles. The van der Waals surface area contributed by atoms with E-state index in [9.17, 15) is 13.2 Å². The second-order valence-corrected chi connectivity index (χ2v) is 8.71. The van der Waals surface area contributed by atoms with Crippen LogP contribution in [-0.2, 0) is 14.8 Å². The molecule has 128 valence electrons. The zero-order valence-corrected chi connectivity index (χ0v) is 15.0. The van der Waals surface area contributed by atoms with Gasteiger partial charge in [0, 0.05) is 12.3 Å². The molecule has 0 aromatic heterocycles. The molecule has 2 aliphatic rings. The van der Waals surface area contributed by atoms with Gasteiger partial charge in [0.05, 0.1) is 16.1 Å². The van der Waals surface area contributed by atoms with Crippen molar-refractivity contribution in [1.29, 1.82) is 0 Å². The van der Waals surface area contributed by atoms with Gasteiger partial charge in [-0.05, 0) is 43.7 Å². The smallest absolute Gasteiger partial charge is 0.265 e. The van der Waals surface area contributed by atoms with Crippen molar-refractivity contribution in [2.24, 2.45) is 0 Å². The third kappa shape index (κ3) is 2.26. The highest BCUT2D eigenvalue weighted by molar-refractivity contribution is 7.93. The van der Waals surface area contributed by atoms with Crippen molar-refractivity contribution in [3.05, 3.63) is 71.8 Å². The lowest BCUT2D eigenvalue weighted by atomic mass is 9.77. The molecule has 1 aliphatic carbocycles. The van der Waals surface area contributed by atoms with Crippen LogP contribution in [0.2, 0.25) is 0 Å². The maximum Gasteiger partial charge on any atom is 0.265 e. The van der Waals surface area contributed by atoms with Crippen LogP contribution < -0.4 is 4.31 Å². The number of carbonyl (C=O) groups is 1. The average molecular weight is 353 g/mol. The predicted molar refractivity (Wildman–Crippen MR) is 97.2 cm³/mol. The molecule has 0 unspecified atom stereocenters. The van der Waals surface area contributed by atoms with Crippen LogP contribution in [0.15, 0.2) is 65.6 Å². The van der Waals surface area contributed by atoms with E-state index >= 15 is 0 Å². The molecule has 5 heteroatoms. The quantitative estimate of drug-likeness (QED) is 0.829. The molecule has 0 fully saturated rings. The summed E-state index contributed by atoms with van der Waals surface area (Å²) in [6.07, 6.45) is 3.58. The topological polar surface area (TPSA) is 54.5 Å². The van der Waals surface area contributed by atoms with Gasteiger partial charge in [0.25, 0.3) is 10.0 Å². The number of para-hydroxylation sites is 1. The number of benzene rings is 2. The highest BCUT2D eigenvalue weighted by atomic mass is 32.2. The fraction of sp³-hybridized carbons (Fsp3) is 0.250. The van der Waals surface area contributed by atoms with E-state index in [1.54, 1.807) is 30.3 Å². The van der Waals surface area contributed by atoms with Crippen molar-refractivity contribution in [2.45, 2.75) is 36.6 Å². The summed E-state index contributed by atoms with van der Waals surface area (Å²) in [5.41, 5.74) is 1.81. The number of aryl methyl sites for hydroxylation is 1. The van der Waals surface area contributed by atoms with E-state index < -0.39 is 15.6 Å². The van der Waals surface area contributed by atoms with Gasteiger partial charge in [-0.3, -0.25) is 9.10 Å². The Morgan fingerprint density at radius 3 is 2.48 bits per heavy atom. The second-order valence-electron chi connectivity index (χ2n) is 6.92. The fourth-order valence-electron chi connectivity index (χ4n) is 3.92.